The molecule has 2 aromatic rings. The Hall–Kier alpha value is -1.84. The standard InChI is InChI=1S/C14H12ClNO2/c1-18-16(13-9-7-12(15)8-10-13)14(17)11-5-3-2-4-6-11/h2-10H,1H3. The van der Waals surface area contributed by atoms with Gasteiger partial charge < -0.3 is 0 Å². The van der Waals surface area contributed by atoms with Crippen molar-refractivity contribution in [1.82, 2.24) is 0 Å². The molecule has 2 rings (SSSR count). The Labute approximate surface area is 111 Å². The monoisotopic (exact) mass is 261 g/mol. The van der Waals surface area contributed by atoms with Crippen LogP contribution < -0.4 is 5.06 Å². The number of carbonyl (C=O) groups excluding carboxylic acids is 1. The molecule has 0 bridgehead atoms. The molecule has 0 atom stereocenters. The second-order valence-electron chi connectivity index (χ2n) is 3.62. The van der Waals surface area contributed by atoms with E-state index in [0.29, 0.717) is 16.3 Å². The van der Waals surface area contributed by atoms with E-state index in [1.54, 1.807) is 36.4 Å². The lowest BCUT2D eigenvalue weighted by atomic mass is 10.2. The van der Waals surface area contributed by atoms with Crippen molar-refractivity contribution in [3.63, 3.8) is 0 Å². The molecule has 0 radical (unpaired) electrons. The minimum Gasteiger partial charge on any atom is -0.269 e. The summed E-state index contributed by atoms with van der Waals surface area (Å²) in [5.74, 6) is -0.222. The number of amides is 1. The number of nitrogens with zero attached hydrogens (tertiary/aromatic N) is 1. The third kappa shape index (κ3) is 2.70. The van der Waals surface area contributed by atoms with Crippen molar-refractivity contribution in [1.29, 1.82) is 0 Å². The van der Waals surface area contributed by atoms with Gasteiger partial charge >= 0.3 is 0 Å². The lowest BCUT2D eigenvalue weighted by molar-refractivity contribution is 0.0773. The molecule has 92 valence electrons. The lowest BCUT2D eigenvalue weighted by Crippen LogP contribution is -2.29. The highest BCUT2D eigenvalue weighted by atomic mass is 35.5. The minimum atomic E-state index is -0.222. The maximum Gasteiger partial charge on any atom is 0.282 e. The van der Waals surface area contributed by atoms with Gasteiger partial charge in [0.2, 0.25) is 0 Å². The number of rotatable bonds is 3. The highest BCUT2D eigenvalue weighted by Crippen LogP contribution is 2.20. The van der Waals surface area contributed by atoms with Gasteiger partial charge in [-0.3, -0.25) is 9.63 Å². The average Bonchev–Trinajstić information content (AvgIpc) is 2.42. The van der Waals surface area contributed by atoms with E-state index in [1.807, 2.05) is 18.2 Å². The van der Waals surface area contributed by atoms with Crippen molar-refractivity contribution in [3.8, 4) is 0 Å². The highest BCUT2D eigenvalue weighted by molar-refractivity contribution is 6.30. The van der Waals surface area contributed by atoms with E-state index in [1.165, 1.54) is 12.2 Å². The van der Waals surface area contributed by atoms with Crippen molar-refractivity contribution >= 4 is 23.2 Å². The Kier molecular flexibility index (Phi) is 3.97. The number of benzene rings is 2. The molecule has 0 aliphatic carbocycles. The summed E-state index contributed by atoms with van der Waals surface area (Å²) in [6.45, 7) is 0. The fourth-order valence-electron chi connectivity index (χ4n) is 1.58. The Morgan fingerprint density at radius 1 is 1.06 bits per heavy atom. The zero-order valence-electron chi connectivity index (χ0n) is 9.84. The van der Waals surface area contributed by atoms with Gasteiger partial charge in [-0.05, 0) is 36.4 Å². The first-order chi connectivity index (χ1) is 8.72. The van der Waals surface area contributed by atoms with Gasteiger partial charge in [-0.2, -0.15) is 5.06 Å². The van der Waals surface area contributed by atoms with Crippen LogP contribution in [0.2, 0.25) is 5.02 Å². The Balaban J connectivity index is 2.29. The van der Waals surface area contributed by atoms with Gasteiger partial charge in [0, 0.05) is 10.6 Å². The number of hydrogen-bond acceptors (Lipinski definition) is 2. The van der Waals surface area contributed by atoms with Crippen LogP contribution in [0.4, 0.5) is 5.69 Å². The number of hydrogen-bond donors (Lipinski definition) is 0. The minimum absolute atomic E-state index is 0.222. The number of carbonyl (C=O) groups is 1. The van der Waals surface area contributed by atoms with Crippen molar-refractivity contribution in [2.75, 3.05) is 12.2 Å². The summed E-state index contributed by atoms with van der Waals surface area (Å²) in [5, 5.41) is 1.84. The fraction of sp³-hybridized carbons (Fsp3) is 0.0714. The van der Waals surface area contributed by atoms with E-state index in [2.05, 4.69) is 0 Å². The van der Waals surface area contributed by atoms with Crippen molar-refractivity contribution < 1.29 is 9.63 Å². The molecule has 4 heteroatoms. The number of hydroxylamine groups is 1. The summed E-state index contributed by atoms with van der Waals surface area (Å²) < 4.78 is 0. The van der Waals surface area contributed by atoms with Gasteiger partial charge in [0.25, 0.3) is 5.91 Å². The first-order valence-corrected chi connectivity index (χ1v) is 5.79. The molecular formula is C14H12ClNO2. The molecule has 0 saturated carbocycles. The quantitative estimate of drug-likeness (QED) is 0.791. The van der Waals surface area contributed by atoms with Crippen LogP contribution in [0, 0.1) is 0 Å². The molecule has 2 aromatic carbocycles. The predicted molar refractivity (Wildman–Crippen MR) is 71.7 cm³/mol. The number of anilines is 1. The normalized spacial score (nSPS) is 10.1. The number of halogens is 1. The molecule has 0 saturated heterocycles. The average molecular weight is 262 g/mol. The summed E-state index contributed by atoms with van der Waals surface area (Å²) in [7, 11) is 1.45. The smallest absolute Gasteiger partial charge is 0.269 e. The molecule has 0 heterocycles. The van der Waals surface area contributed by atoms with Gasteiger partial charge in [-0.1, -0.05) is 29.8 Å². The maximum absolute atomic E-state index is 12.2. The Morgan fingerprint density at radius 2 is 1.67 bits per heavy atom. The molecule has 0 fully saturated rings. The molecule has 3 nitrogen and oxygen atoms in total. The van der Waals surface area contributed by atoms with Crippen LogP contribution >= 0.6 is 11.6 Å². The zero-order valence-corrected chi connectivity index (χ0v) is 10.6. The summed E-state index contributed by atoms with van der Waals surface area (Å²) in [6, 6.07) is 15.8. The van der Waals surface area contributed by atoms with E-state index in [-0.39, 0.29) is 5.91 Å². The van der Waals surface area contributed by atoms with Gasteiger partial charge in [0.05, 0.1) is 12.8 Å². The highest BCUT2D eigenvalue weighted by Gasteiger charge is 2.17. The second kappa shape index (κ2) is 5.67. The molecule has 0 unspecified atom stereocenters. The Bertz CT molecular complexity index is 525. The van der Waals surface area contributed by atoms with E-state index in [0.717, 1.165) is 0 Å². The van der Waals surface area contributed by atoms with Crippen LogP contribution in [-0.4, -0.2) is 13.0 Å². The van der Waals surface area contributed by atoms with Gasteiger partial charge in [-0.25, -0.2) is 0 Å². The summed E-state index contributed by atoms with van der Waals surface area (Å²) >= 11 is 5.81. The van der Waals surface area contributed by atoms with Crippen LogP contribution in [-0.2, 0) is 4.84 Å². The van der Waals surface area contributed by atoms with Crippen LogP contribution in [0.5, 0.6) is 0 Å². The molecule has 1 amide bonds. The van der Waals surface area contributed by atoms with Gasteiger partial charge in [0.1, 0.15) is 0 Å². The maximum atomic E-state index is 12.2. The van der Waals surface area contributed by atoms with E-state index < -0.39 is 0 Å². The fourth-order valence-corrected chi connectivity index (χ4v) is 1.71. The largest absolute Gasteiger partial charge is 0.282 e. The molecular weight excluding hydrogens is 250 g/mol. The molecule has 0 aliphatic heterocycles. The molecule has 0 aromatic heterocycles. The van der Waals surface area contributed by atoms with Crippen molar-refractivity contribution in [2.45, 2.75) is 0 Å². The molecule has 0 spiro atoms. The van der Waals surface area contributed by atoms with E-state index >= 15 is 0 Å². The first-order valence-electron chi connectivity index (χ1n) is 5.41. The zero-order chi connectivity index (χ0) is 13.0. The topological polar surface area (TPSA) is 29.5 Å². The lowest BCUT2D eigenvalue weighted by Gasteiger charge is -2.19. The molecule has 18 heavy (non-hydrogen) atoms. The SMILES string of the molecule is CON(C(=O)c1ccccc1)c1ccc(Cl)cc1. The van der Waals surface area contributed by atoms with Gasteiger partial charge in [-0.15, -0.1) is 0 Å². The summed E-state index contributed by atoms with van der Waals surface area (Å²) in [4.78, 5) is 17.4. The van der Waals surface area contributed by atoms with E-state index in [9.17, 15) is 4.79 Å². The van der Waals surface area contributed by atoms with Crippen LogP contribution in [0.25, 0.3) is 0 Å². The van der Waals surface area contributed by atoms with Crippen LogP contribution in [0.15, 0.2) is 54.6 Å². The van der Waals surface area contributed by atoms with Crippen molar-refractivity contribution in [3.05, 3.63) is 65.2 Å². The first kappa shape index (κ1) is 12.6. The molecule has 0 aliphatic rings. The second-order valence-corrected chi connectivity index (χ2v) is 4.06. The predicted octanol–water partition coefficient (Wildman–Crippen LogP) is 3.55. The van der Waals surface area contributed by atoms with E-state index in [4.69, 9.17) is 16.4 Å². The third-order valence-electron chi connectivity index (χ3n) is 2.45. The Morgan fingerprint density at radius 3 is 2.22 bits per heavy atom. The summed E-state index contributed by atoms with van der Waals surface area (Å²) in [5.41, 5.74) is 1.20. The summed E-state index contributed by atoms with van der Waals surface area (Å²) in [6.07, 6.45) is 0. The van der Waals surface area contributed by atoms with Crippen molar-refractivity contribution in [2.24, 2.45) is 0 Å². The van der Waals surface area contributed by atoms with Crippen LogP contribution in [0.3, 0.4) is 0 Å². The molecule has 0 N–H and O–H groups in total. The van der Waals surface area contributed by atoms with Crippen LogP contribution in [0.1, 0.15) is 10.4 Å². The third-order valence-corrected chi connectivity index (χ3v) is 2.70. The van der Waals surface area contributed by atoms with Gasteiger partial charge in [0.15, 0.2) is 0 Å².